The Morgan fingerprint density at radius 3 is 2.86 bits per heavy atom. The van der Waals surface area contributed by atoms with Gasteiger partial charge in [0.1, 0.15) is 5.69 Å². The van der Waals surface area contributed by atoms with Crippen molar-refractivity contribution in [1.82, 2.24) is 10.3 Å². The Morgan fingerprint density at radius 2 is 2.18 bits per heavy atom. The number of carbonyl (C=O) groups is 1. The second-order valence-electron chi connectivity index (χ2n) is 4.44. The standard InChI is InChI=1S/C14H13F3N2O2S/c1-21-8-10-3-5-22-12(10)13(20)19-7-9-2-4-18-11(6-9)14(15,16)17/h2-6H,7-8H2,1H3,(H,19,20). The number of alkyl halides is 3. The lowest BCUT2D eigenvalue weighted by molar-refractivity contribution is -0.141. The van der Waals surface area contributed by atoms with Gasteiger partial charge in [-0.1, -0.05) is 0 Å². The van der Waals surface area contributed by atoms with Gasteiger partial charge in [-0.3, -0.25) is 9.78 Å². The summed E-state index contributed by atoms with van der Waals surface area (Å²) in [6.07, 6.45) is -3.43. The third-order valence-electron chi connectivity index (χ3n) is 2.82. The smallest absolute Gasteiger partial charge is 0.380 e. The van der Waals surface area contributed by atoms with Crippen molar-refractivity contribution in [2.45, 2.75) is 19.3 Å². The zero-order chi connectivity index (χ0) is 16.2. The normalized spacial score (nSPS) is 11.5. The molecule has 2 rings (SSSR count). The molecule has 0 aliphatic carbocycles. The minimum absolute atomic E-state index is 0.00520. The molecule has 2 aromatic heterocycles. The van der Waals surface area contributed by atoms with Gasteiger partial charge in [0.25, 0.3) is 5.91 Å². The number of thiophene rings is 1. The van der Waals surface area contributed by atoms with E-state index < -0.39 is 11.9 Å². The predicted octanol–water partition coefficient (Wildman–Crippen LogP) is 3.24. The van der Waals surface area contributed by atoms with Crippen LogP contribution >= 0.6 is 11.3 Å². The highest BCUT2D eigenvalue weighted by Gasteiger charge is 2.32. The number of rotatable bonds is 5. The minimum atomic E-state index is -4.50. The molecule has 0 aliphatic heterocycles. The van der Waals surface area contributed by atoms with Crippen LogP contribution in [-0.2, 0) is 24.1 Å². The molecule has 22 heavy (non-hydrogen) atoms. The molecule has 1 N–H and O–H groups in total. The zero-order valence-electron chi connectivity index (χ0n) is 11.6. The SMILES string of the molecule is COCc1ccsc1C(=O)NCc1ccnc(C(F)(F)F)c1. The largest absolute Gasteiger partial charge is 0.433 e. The summed E-state index contributed by atoms with van der Waals surface area (Å²) in [5.74, 6) is -0.340. The van der Waals surface area contributed by atoms with Gasteiger partial charge in [-0.05, 0) is 29.1 Å². The van der Waals surface area contributed by atoms with E-state index in [9.17, 15) is 18.0 Å². The molecule has 0 aromatic carbocycles. The van der Waals surface area contributed by atoms with Crippen molar-refractivity contribution < 1.29 is 22.7 Å². The van der Waals surface area contributed by atoms with Crippen LogP contribution in [0.25, 0.3) is 0 Å². The van der Waals surface area contributed by atoms with E-state index in [1.165, 1.54) is 24.5 Å². The van der Waals surface area contributed by atoms with Crippen molar-refractivity contribution in [2.75, 3.05) is 7.11 Å². The summed E-state index contributed by atoms with van der Waals surface area (Å²) < 4.78 is 42.7. The molecule has 118 valence electrons. The van der Waals surface area contributed by atoms with Gasteiger partial charge >= 0.3 is 6.18 Å². The molecule has 0 unspecified atom stereocenters. The maximum Gasteiger partial charge on any atom is 0.433 e. The Kier molecular flexibility index (Phi) is 5.15. The molecular formula is C14H13F3N2O2S. The summed E-state index contributed by atoms with van der Waals surface area (Å²) in [5, 5.41) is 4.36. The first-order chi connectivity index (χ1) is 10.4. The Bertz CT molecular complexity index is 656. The molecule has 0 radical (unpaired) electrons. The molecule has 2 heterocycles. The first-order valence-corrected chi connectivity index (χ1v) is 7.15. The summed E-state index contributed by atoms with van der Waals surface area (Å²) in [6.45, 7) is 0.300. The van der Waals surface area contributed by atoms with E-state index in [0.29, 0.717) is 17.0 Å². The van der Waals surface area contributed by atoms with Gasteiger partial charge in [-0.2, -0.15) is 13.2 Å². The van der Waals surface area contributed by atoms with E-state index >= 15 is 0 Å². The Labute approximate surface area is 128 Å². The van der Waals surface area contributed by atoms with Crippen LogP contribution < -0.4 is 5.32 Å². The molecule has 8 heteroatoms. The third-order valence-corrected chi connectivity index (χ3v) is 3.78. The van der Waals surface area contributed by atoms with E-state index in [-0.39, 0.29) is 12.5 Å². The first-order valence-electron chi connectivity index (χ1n) is 6.27. The van der Waals surface area contributed by atoms with Gasteiger partial charge in [-0.25, -0.2) is 0 Å². The lowest BCUT2D eigenvalue weighted by Gasteiger charge is -2.09. The number of nitrogens with one attached hydrogen (secondary N) is 1. The number of ether oxygens (including phenoxy) is 1. The highest BCUT2D eigenvalue weighted by Crippen LogP contribution is 2.27. The quantitative estimate of drug-likeness (QED) is 0.916. The Hall–Kier alpha value is -1.93. The van der Waals surface area contributed by atoms with Gasteiger partial charge in [-0.15, -0.1) is 11.3 Å². The number of hydrogen-bond donors (Lipinski definition) is 1. The molecule has 0 atom stereocenters. The summed E-state index contributed by atoms with van der Waals surface area (Å²) in [7, 11) is 1.52. The summed E-state index contributed by atoms with van der Waals surface area (Å²) in [5.41, 5.74) is 0.103. The number of pyridine rings is 1. The zero-order valence-corrected chi connectivity index (χ0v) is 12.4. The first kappa shape index (κ1) is 16.4. The average molecular weight is 330 g/mol. The van der Waals surface area contributed by atoms with E-state index in [1.54, 1.807) is 11.4 Å². The van der Waals surface area contributed by atoms with Crippen LogP contribution in [0.15, 0.2) is 29.8 Å². The fourth-order valence-corrected chi connectivity index (χ4v) is 2.63. The van der Waals surface area contributed by atoms with Crippen LogP contribution in [0.3, 0.4) is 0 Å². The molecule has 0 bridgehead atoms. The van der Waals surface area contributed by atoms with Crippen molar-refractivity contribution in [3.8, 4) is 0 Å². The van der Waals surface area contributed by atoms with Crippen molar-refractivity contribution >= 4 is 17.2 Å². The fourth-order valence-electron chi connectivity index (χ4n) is 1.81. The van der Waals surface area contributed by atoms with Gasteiger partial charge in [0.05, 0.1) is 11.5 Å². The number of methoxy groups -OCH3 is 1. The number of aromatic nitrogens is 1. The van der Waals surface area contributed by atoms with E-state index in [2.05, 4.69) is 10.3 Å². The molecule has 0 saturated heterocycles. The molecule has 0 spiro atoms. The maximum atomic E-state index is 12.6. The van der Waals surface area contributed by atoms with Crippen LogP contribution in [0.2, 0.25) is 0 Å². The summed E-state index contributed by atoms with van der Waals surface area (Å²) >= 11 is 1.26. The molecule has 4 nitrogen and oxygen atoms in total. The lowest BCUT2D eigenvalue weighted by Crippen LogP contribution is -2.23. The Morgan fingerprint density at radius 1 is 1.41 bits per heavy atom. The molecule has 0 aliphatic rings. The van der Waals surface area contributed by atoms with Crippen LogP contribution in [0.5, 0.6) is 0 Å². The van der Waals surface area contributed by atoms with E-state index in [1.807, 2.05) is 0 Å². The molecular weight excluding hydrogens is 317 g/mol. The van der Waals surface area contributed by atoms with Crippen molar-refractivity contribution in [3.63, 3.8) is 0 Å². The lowest BCUT2D eigenvalue weighted by atomic mass is 10.2. The number of amides is 1. The number of hydrogen-bond acceptors (Lipinski definition) is 4. The third kappa shape index (κ3) is 4.05. The van der Waals surface area contributed by atoms with E-state index in [4.69, 9.17) is 4.74 Å². The van der Waals surface area contributed by atoms with Gasteiger partial charge in [0.2, 0.25) is 0 Å². The monoisotopic (exact) mass is 330 g/mol. The molecule has 2 aromatic rings. The fraction of sp³-hybridized carbons (Fsp3) is 0.286. The highest BCUT2D eigenvalue weighted by molar-refractivity contribution is 7.12. The summed E-state index contributed by atoms with van der Waals surface area (Å²) in [4.78, 5) is 15.8. The van der Waals surface area contributed by atoms with Crippen LogP contribution in [0, 0.1) is 0 Å². The van der Waals surface area contributed by atoms with Crippen LogP contribution in [-0.4, -0.2) is 18.0 Å². The van der Waals surface area contributed by atoms with Gasteiger partial charge < -0.3 is 10.1 Å². The molecule has 0 saturated carbocycles. The Balaban J connectivity index is 2.04. The second-order valence-corrected chi connectivity index (χ2v) is 5.35. The van der Waals surface area contributed by atoms with Crippen molar-refractivity contribution in [2.24, 2.45) is 0 Å². The van der Waals surface area contributed by atoms with Crippen LogP contribution in [0.4, 0.5) is 13.2 Å². The number of nitrogens with zero attached hydrogens (tertiary/aromatic N) is 1. The number of carbonyl (C=O) groups excluding carboxylic acids is 1. The van der Waals surface area contributed by atoms with Gasteiger partial charge in [0, 0.05) is 25.4 Å². The minimum Gasteiger partial charge on any atom is -0.380 e. The van der Waals surface area contributed by atoms with Gasteiger partial charge in [0.15, 0.2) is 0 Å². The van der Waals surface area contributed by atoms with Crippen molar-refractivity contribution in [3.05, 3.63) is 51.5 Å². The average Bonchev–Trinajstić information content (AvgIpc) is 2.93. The molecule has 0 fully saturated rings. The second kappa shape index (κ2) is 6.89. The van der Waals surface area contributed by atoms with Crippen molar-refractivity contribution in [1.29, 1.82) is 0 Å². The number of halogens is 3. The van der Waals surface area contributed by atoms with E-state index in [0.717, 1.165) is 17.8 Å². The molecule has 1 amide bonds. The summed E-state index contributed by atoms with van der Waals surface area (Å²) in [6, 6.07) is 4.13. The highest BCUT2D eigenvalue weighted by atomic mass is 32.1. The predicted molar refractivity (Wildman–Crippen MR) is 75.4 cm³/mol. The maximum absolute atomic E-state index is 12.6. The topological polar surface area (TPSA) is 51.2 Å². The van der Waals surface area contributed by atoms with Crippen LogP contribution in [0.1, 0.15) is 26.5 Å².